The van der Waals surface area contributed by atoms with Crippen molar-refractivity contribution < 1.29 is 8.42 Å². The molecule has 1 rings (SSSR count). The van der Waals surface area contributed by atoms with Crippen LogP contribution in [0, 0.1) is 12.3 Å². The highest BCUT2D eigenvalue weighted by Crippen LogP contribution is 2.31. The molecule has 0 fully saturated rings. The third-order valence-electron chi connectivity index (χ3n) is 2.01. The predicted octanol–water partition coefficient (Wildman–Crippen LogP) is 2.22. The van der Waals surface area contributed by atoms with Crippen molar-refractivity contribution in [3.8, 4) is 12.3 Å². The van der Waals surface area contributed by atoms with Gasteiger partial charge in [0.05, 0.1) is 15.8 Å². The highest BCUT2D eigenvalue weighted by atomic mass is 35.5. The van der Waals surface area contributed by atoms with Gasteiger partial charge < -0.3 is 5.73 Å². The van der Waals surface area contributed by atoms with Gasteiger partial charge in [-0.1, -0.05) is 29.1 Å². The minimum absolute atomic E-state index is 0.00576. The fourth-order valence-corrected chi connectivity index (χ4v) is 4.19. The van der Waals surface area contributed by atoms with Crippen LogP contribution in [-0.4, -0.2) is 26.5 Å². The molecule has 0 saturated heterocycles. The highest BCUT2D eigenvalue weighted by molar-refractivity contribution is 7.99. The van der Waals surface area contributed by atoms with Crippen LogP contribution in [0.5, 0.6) is 0 Å². The molecule has 0 saturated carbocycles. The second-order valence-corrected chi connectivity index (χ2v) is 7.09. The van der Waals surface area contributed by atoms with Crippen molar-refractivity contribution in [2.45, 2.75) is 4.90 Å². The van der Waals surface area contributed by atoms with E-state index in [4.69, 9.17) is 35.4 Å². The second-order valence-electron chi connectivity index (χ2n) is 3.47. The Labute approximate surface area is 127 Å². The number of benzene rings is 1. The Balaban J connectivity index is 2.81. The number of halogens is 2. The molecule has 0 heterocycles. The summed E-state index contributed by atoms with van der Waals surface area (Å²) in [7, 11) is -3.76. The van der Waals surface area contributed by atoms with Crippen molar-refractivity contribution in [2.24, 2.45) is 0 Å². The van der Waals surface area contributed by atoms with Crippen LogP contribution in [0.25, 0.3) is 0 Å². The van der Waals surface area contributed by atoms with E-state index in [1.807, 2.05) is 0 Å². The van der Waals surface area contributed by atoms with E-state index in [0.29, 0.717) is 17.2 Å². The van der Waals surface area contributed by atoms with Gasteiger partial charge in [-0.2, -0.15) is 0 Å². The van der Waals surface area contributed by atoms with Gasteiger partial charge in [-0.05, 0) is 12.1 Å². The van der Waals surface area contributed by atoms with E-state index in [0.717, 1.165) is 0 Å². The van der Waals surface area contributed by atoms with Gasteiger partial charge in [-0.3, -0.25) is 0 Å². The third kappa shape index (κ3) is 4.79. The summed E-state index contributed by atoms with van der Waals surface area (Å²) in [5, 5.41) is -0.0115. The minimum Gasteiger partial charge on any atom is -0.399 e. The molecule has 0 aliphatic rings. The zero-order valence-corrected chi connectivity index (χ0v) is 13.0. The number of nitrogen functional groups attached to an aromatic ring is 1. The van der Waals surface area contributed by atoms with Crippen LogP contribution in [0.1, 0.15) is 0 Å². The number of hydrogen-bond acceptors (Lipinski definition) is 4. The van der Waals surface area contributed by atoms with Gasteiger partial charge in [0.2, 0.25) is 10.0 Å². The van der Waals surface area contributed by atoms with Gasteiger partial charge in [-0.25, -0.2) is 13.1 Å². The van der Waals surface area contributed by atoms with Crippen LogP contribution in [0.15, 0.2) is 17.0 Å². The molecule has 4 nitrogen and oxygen atoms in total. The lowest BCUT2D eigenvalue weighted by Crippen LogP contribution is -2.26. The summed E-state index contributed by atoms with van der Waals surface area (Å²) in [5.41, 5.74) is 5.82. The average molecular weight is 339 g/mol. The lowest BCUT2D eigenvalue weighted by atomic mass is 10.3. The van der Waals surface area contributed by atoms with Crippen LogP contribution >= 0.6 is 35.0 Å². The molecular formula is C11H12Cl2N2O2S2. The molecule has 0 bridgehead atoms. The Bertz CT molecular complexity index is 574. The van der Waals surface area contributed by atoms with Gasteiger partial charge in [0.25, 0.3) is 0 Å². The summed E-state index contributed by atoms with van der Waals surface area (Å²) >= 11 is 13.2. The molecule has 0 aliphatic heterocycles. The molecule has 0 radical (unpaired) electrons. The molecule has 0 unspecified atom stereocenters. The van der Waals surface area contributed by atoms with Crippen molar-refractivity contribution in [1.29, 1.82) is 0 Å². The van der Waals surface area contributed by atoms with Crippen molar-refractivity contribution in [3.05, 3.63) is 22.2 Å². The van der Waals surface area contributed by atoms with Gasteiger partial charge in [0.15, 0.2) is 0 Å². The SMILES string of the molecule is C#CCSCCNS(=O)(=O)c1c(Cl)cc(N)cc1Cl. The quantitative estimate of drug-likeness (QED) is 0.474. The zero-order chi connectivity index (χ0) is 14.5. The fraction of sp³-hybridized carbons (Fsp3) is 0.273. The second kappa shape index (κ2) is 7.27. The minimum atomic E-state index is -3.76. The first kappa shape index (κ1) is 16.5. The van der Waals surface area contributed by atoms with Gasteiger partial charge in [0, 0.05) is 18.0 Å². The average Bonchev–Trinajstić information content (AvgIpc) is 2.26. The Morgan fingerprint density at radius 1 is 1.37 bits per heavy atom. The summed E-state index contributed by atoms with van der Waals surface area (Å²) in [6.45, 7) is 0.242. The number of nitrogens with two attached hydrogens (primary N) is 1. The number of anilines is 1. The van der Waals surface area contributed by atoms with Crippen molar-refractivity contribution in [3.63, 3.8) is 0 Å². The summed E-state index contributed by atoms with van der Waals surface area (Å²) in [6.07, 6.45) is 5.09. The number of hydrogen-bond donors (Lipinski definition) is 2. The van der Waals surface area contributed by atoms with E-state index in [9.17, 15) is 8.42 Å². The largest absolute Gasteiger partial charge is 0.399 e. The third-order valence-corrected chi connectivity index (χ3v) is 5.26. The lowest BCUT2D eigenvalue weighted by Gasteiger charge is -2.10. The molecule has 0 aliphatic carbocycles. The number of nitrogens with one attached hydrogen (secondary N) is 1. The molecule has 1 aromatic carbocycles. The topological polar surface area (TPSA) is 72.2 Å². The van der Waals surface area contributed by atoms with Gasteiger partial charge in [-0.15, -0.1) is 18.2 Å². The zero-order valence-electron chi connectivity index (χ0n) is 9.82. The molecule has 104 valence electrons. The van der Waals surface area contributed by atoms with Crippen molar-refractivity contribution in [2.75, 3.05) is 23.8 Å². The van der Waals surface area contributed by atoms with Crippen LogP contribution in [0.3, 0.4) is 0 Å². The first-order chi connectivity index (χ1) is 8.88. The van der Waals surface area contributed by atoms with Crippen LogP contribution in [0.2, 0.25) is 10.0 Å². The summed E-state index contributed by atoms with van der Waals surface area (Å²) in [5.74, 6) is 3.55. The number of thioether (sulfide) groups is 1. The first-order valence-corrected chi connectivity index (χ1v) is 8.53. The van der Waals surface area contributed by atoms with E-state index in [2.05, 4.69) is 10.6 Å². The van der Waals surface area contributed by atoms with E-state index in [1.54, 1.807) is 0 Å². The predicted molar refractivity (Wildman–Crippen MR) is 82.2 cm³/mol. The molecule has 0 atom stereocenters. The van der Waals surface area contributed by atoms with E-state index in [1.165, 1.54) is 23.9 Å². The van der Waals surface area contributed by atoms with E-state index >= 15 is 0 Å². The Morgan fingerprint density at radius 2 is 1.95 bits per heavy atom. The monoisotopic (exact) mass is 338 g/mol. The van der Waals surface area contributed by atoms with Crippen molar-refractivity contribution in [1.82, 2.24) is 4.72 Å². The maximum Gasteiger partial charge on any atom is 0.243 e. The molecule has 3 N–H and O–H groups in total. The number of sulfonamides is 1. The molecular weight excluding hydrogens is 327 g/mol. The molecule has 0 amide bonds. The molecule has 1 aromatic rings. The summed E-state index contributed by atoms with van der Waals surface area (Å²) in [6, 6.07) is 2.68. The van der Waals surface area contributed by atoms with E-state index < -0.39 is 10.0 Å². The summed E-state index contributed by atoms with van der Waals surface area (Å²) < 4.78 is 26.5. The molecule has 8 heteroatoms. The van der Waals surface area contributed by atoms with Crippen LogP contribution in [0.4, 0.5) is 5.69 Å². The van der Waals surface area contributed by atoms with Crippen LogP contribution < -0.4 is 10.5 Å². The molecule has 19 heavy (non-hydrogen) atoms. The Morgan fingerprint density at radius 3 is 2.47 bits per heavy atom. The standard InChI is InChI=1S/C11H12Cl2N2O2S2/c1-2-4-18-5-3-15-19(16,17)11-9(12)6-8(14)7-10(11)13/h1,6-7,15H,3-5,14H2. The molecule has 0 spiro atoms. The highest BCUT2D eigenvalue weighted by Gasteiger charge is 2.21. The fourth-order valence-electron chi connectivity index (χ4n) is 1.29. The maximum atomic E-state index is 12.0. The molecule has 0 aromatic heterocycles. The lowest BCUT2D eigenvalue weighted by molar-refractivity contribution is 0.584. The maximum absolute atomic E-state index is 12.0. The number of terminal acetylenes is 1. The summed E-state index contributed by atoms with van der Waals surface area (Å²) in [4.78, 5) is -0.160. The number of rotatable bonds is 6. The normalized spacial score (nSPS) is 11.2. The van der Waals surface area contributed by atoms with Crippen molar-refractivity contribution >= 4 is 50.7 Å². The Kier molecular flexibility index (Phi) is 6.30. The van der Waals surface area contributed by atoms with Gasteiger partial charge >= 0.3 is 0 Å². The Hall–Kier alpha value is -0.580. The van der Waals surface area contributed by atoms with E-state index in [-0.39, 0.29) is 21.5 Å². The smallest absolute Gasteiger partial charge is 0.243 e. The van der Waals surface area contributed by atoms with Crippen LogP contribution in [-0.2, 0) is 10.0 Å². The first-order valence-electron chi connectivity index (χ1n) is 5.14. The van der Waals surface area contributed by atoms with Gasteiger partial charge in [0.1, 0.15) is 4.90 Å².